The van der Waals surface area contributed by atoms with E-state index < -0.39 is 0 Å². The molecule has 0 bridgehead atoms. The average Bonchev–Trinajstić information content (AvgIpc) is 2.94. The van der Waals surface area contributed by atoms with Gasteiger partial charge in [-0.1, -0.05) is 35.9 Å². The van der Waals surface area contributed by atoms with E-state index in [0.717, 1.165) is 22.0 Å². The molecule has 0 aliphatic carbocycles. The Bertz CT molecular complexity index is 756. The van der Waals surface area contributed by atoms with E-state index in [-0.39, 0.29) is 5.91 Å². The van der Waals surface area contributed by atoms with Crippen molar-refractivity contribution >= 4 is 16.8 Å². The summed E-state index contributed by atoms with van der Waals surface area (Å²) >= 11 is 0. The van der Waals surface area contributed by atoms with Gasteiger partial charge in [0.25, 0.3) is 0 Å². The molecule has 0 saturated heterocycles. The fourth-order valence-corrected chi connectivity index (χ4v) is 2.37. The molecule has 1 aromatic heterocycles. The molecule has 106 valence electrons. The summed E-state index contributed by atoms with van der Waals surface area (Å²) in [4.78, 5) is 15.2. The summed E-state index contributed by atoms with van der Waals surface area (Å²) in [7, 11) is 0. The van der Waals surface area contributed by atoms with Crippen molar-refractivity contribution in [3.05, 3.63) is 71.4 Å². The number of H-pyrrole nitrogens is 1. The van der Waals surface area contributed by atoms with E-state index in [1.165, 1.54) is 5.56 Å². The van der Waals surface area contributed by atoms with Crippen LogP contribution >= 0.6 is 0 Å². The van der Waals surface area contributed by atoms with Gasteiger partial charge in [-0.25, -0.2) is 0 Å². The van der Waals surface area contributed by atoms with Crippen LogP contribution in [-0.2, 0) is 17.8 Å². The number of rotatable bonds is 4. The van der Waals surface area contributed by atoms with E-state index in [1.807, 2.05) is 36.5 Å². The molecule has 0 fully saturated rings. The monoisotopic (exact) mass is 278 g/mol. The van der Waals surface area contributed by atoms with E-state index in [9.17, 15) is 4.79 Å². The highest BCUT2D eigenvalue weighted by Gasteiger charge is 2.04. The smallest absolute Gasteiger partial charge is 0.224 e. The van der Waals surface area contributed by atoms with Gasteiger partial charge in [-0.2, -0.15) is 0 Å². The second-order valence-electron chi connectivity index (χ2n) is 5.34. The van der Waals surface area contributed by atoms with Gasteiger partial charge in [0.2, 0.25) is 5.91 Å². The topological polar surface area (TPSA) is 44.9 Å². The second kappa shape index (κ2) is 5.83. The molecule has 2 N–H and O–H groups in total. The number of amides is 1. The quantitative estimate of drug-likeness (QED) is 0.755. The third-order valence-corrected chi connectivity index (χ3v) is 3.59. The van der Waals surface area contributed by atoms with Crippen LogP contribution in [0.3, 0.4) is 0 Å². The molecule has 1 heterocycles. The van der Waals surface area contributed by atoms with Crippen molar-refractivity contribution in [2.45, 2.75) is 19.9 Å². The Morgan fingerprint density at radius 3 is 2.62 bits per heavy atom. The van der Waals surface area contributed by atoms with Crippen molar-refractivity contribution < 1.29 is 4.79 Å². The number of fused-ring (bicyclic) bond motifs is 1. The number of carbonyl (C=O) groups excluding carboxylic acids is 1. The maximum absolute atomic E-state index is 12.0. The van der Waals surface area contributed by atoms with Crippen molar-refractivity contribution in [3.8, 4) is 0 Å². The molecule has 0 unspecified atom stereocenters. The minimum absolute atomic E-state index is 0.0467. The normalized spacial score (nSPS) is 10.7. The molecular weight excluding hydrogens is 260 g/mol. The zero-order valence-corrected chi connectivity index (χ0v) is 12.0. The van der Waals surface area contributed by atoms with Gasteiger partial charge in [0.05, 0.1) is 6.42 Å². The van der Waals surface area contributed by atoms with E-state index in [0.29, 0.717) is 13.0 Å². The van der Waals surface area contributed by atoms with Gasteiger partial charge in [-0.15, -0.1) is 0 Å². The zero-order chi connectivity index (χ0) is 14.7. The predicted octanol–water partition coefficient (Wildman–Crippen LogP) is 3.34. The van der Waals surface area contributed by atoms with Crippen LogP contribution in [0.15, 0.2) is 54.7 Å². The predicted molar refractivity (Wildman–Crippen MR) is 85.0 cm³/mol. The van der Waals surface area contributed by atoms with Gasteiger partial charge >= 0.3 is 0 Å². The van der Waals surface area contributed by atoms with Crippen molar-refractivity contribution in [1.82, 2.24) is 10.3 Å². The Balaban J connectivity index is 1.59. The fourth-order valence-electron chi connectivity index (χ4n) is 2.37. The SMILES string of the molecule is Cc1ccc(CNC(=O)Cc2ccc3[nH]ccc3c2)cc1. The van der Waals surface area contributed by atoms with Gasteiger partial charge in [-0.05, 0) is 41.6 Å². The Morgan fingerprint density at radius 2 is 1.81 bits per heavy atom. The summed E-state index contributed by atoms with van der Waals surface area (Å²) < 4.78 is 0. The summed E-state index contributed by atoms with van der Waals surface area (Å²) in [6.45, 7) is 2.63. The molecule has 21 heavy (non-hydrogen) atoms. The van der Waals surface area contributed by atoms with Crippen LogP contribution in [0.1, 0.15) is 16.7 Å². The molecule has 0 spiro atoms. The lowest BCUT2D eigenvalue weighted by Crippen LogP contribution is -2.24. The third kappa shape index (κ3) is 3.31. The van der Waals surface area contributed by atoms with Crippen molar-refractivity contribution in [2.75, 3.05) is 0 Å². The first-order valence-electron chi connectivity index (χ1n) is 7.09. The maximum atomic E-state index is 12.0. The van der Waals surface area contributed by atoms with Crippen LogP contribution in [0.2, 0.25) is 0 Å². The summed E-state index contributed by atoms with van der Waals surface area (Å²) in [6.07, 6.45) is 2.32. The van der Waals surface area contributed by atoms with Crippen LogP contribution in [0.5, 0.6) is 0 Å². The lowest BCUT2D eigenvalue weighted by Gasteiger charge is -2.06. The van der Waals surface area contributed by atoms with Crippen molar-refractivity contribution in [3.63, 3.8) is 0 Å². The van der Waals surface area contributed by atoms with Crippen molar-refractivity contribution in [1.29, 1.82) is 0 Å². The molecule has 1 amide bonds. The Kier molecular flexibility index (Phi) is 3.73. The molecule has 3 nitrogen and oxygen atoms in total. The Hall–Kier alpha value is -2.55. The average molecular weight is 278 g/mol. The number of aromatic amines is 1. The first-order chi connectivity index (χ1) is 10.2. The van der Waals surface area contributed by atoms with Gasteiger partial charge < -0.3 is 10.3 Å². The minimum Gasteiger partial charge on any atom is -0.361 e. The lowest BCUT2D eigenvalue weighted by molar-refractivity contribution is -0.120. The first-order valence-corrected chi connectivity index (χ1v) is 7.09. The number of hydrogen-bond donors (Lipinski definition) is 2. The van der Waals surface area contributed by atoms with Gasteiger partial charge in [0.15, 0.2) is 0 Å². The highest BCUT2D eigenvalue weighted by Crippen LogP contribution is 2.14. The summed E-state index contributed by atoms with van der Waals surface area (Å²) in [5, 5.41) is 4.10. The first kappa shape index (κ1) is 13.4. The van der Waals surface area contributed by atoms with E-state index in [4.69, 9.17) is 0 Å². The maximum Gasteiger partial charge on any atom is 0.224 e. The molecule has 0 atom stereocenters. The Morgan fingerprint density at radius 1 is 1.05 bits per heavy atom. The van der Waals surface area contributed by atoms with Gasteiger partial charge in [0, 0.05) is 18.3 Å². The molecule has 3 heteroatoms. The van der Waals surface area contributed by atoms with E-state index in [1.54, 1.807) is 0 Å². The number of benzene rings is 2. The third-order valence-electron chi connectivity index (χ3n) is 3.59. The second-order valence-corrected chi connectivity index (χ2v) is 5.34. The van der Waals surface area contributed by atoms with Crippen molar-refractivity contribution in [2.24, 2.45) is 0 Å². The molecule has 3 aromatic rings. The van der Waals surface area contributed by atoms with Crippen LogP contribution in [0, 0.1) is 6.92 Å². The standard InChI is InChI=1S/C18H18N2O/c1-13-2-4-14(5-3-13)12-20-18(21)11-15-6-7-17-16(10-15)8-9-19-17/h2-10,19H,11-12H2,1H3,(H,20,21). The molecule has 0 saturated carbocycles. The summed E-state index contributed by atoms with van der Waals surface area (Å²) in [5.41, 5.74) is 4.47. The molecular formula is C18H18N2O. The lowest BCUT2D eigenvalue weighted by atomic mass is 10.1. The molecule has 0 aliphatic rings. The highest BCUT2D eigenvalue weighted by molar-refractivity contribution is 5.83. The van der Waals surface area contributed by atoms with E-state index >= 15 is 0 Å². The largest absolute Gasteiger partial charge is 0.361 e. The summed E-state index contributed by atoms with van der Waals surface area (Å²) in [5.74, 6) is 0.0467. The molecule has 3 rings (SSSR count). The molecule has 0 radical (unpaired) electrons. The van der Waals surface area contributed by atoms with Gasteiger partial charge in [-0.3, -0.25) is 4.79 Å². The van der Waals surface area contributed by atoms with E-state index in [2.05, 4.69) is 35.4 Å². The minimum atomic E-state index is 0.0467. The van der Waals surface area contributed by atoms with Gasteiger partial charge in [0.1, 0.15) is 0 Å². The number of hydrogen-bond acceptors (Lipinski definition) is 1. The number of aromatic nitrogens is 1. The number of aryl methyl sites for hydroxylation is 1. The fraction of sp³-hybridized carbons (Fsp3) is 0.167. The highest BCUT2D eigenvalue weighted by atomic mass is 16.1. The number of carbonyl (C=O) groups is 1. The van der Waals surface area contributed by atoms with Crippen LogP contribution in [0.4, 0.5) is 0 Å². The van der Waals surface area contributed by atoms with Crippen LogP contribution < -0.4 is 5.32 Å². The van der Waals surface area contributed by atoms with Crippen LogP contribution in [-0.4, -0.2) is 10.9 Å². The molecule has 2 aromatic carbocycles. The zero-order valence-electron chi connectivity index (χ0n) is 12.0. The Labute approximate surface area is 124 Å². The number of nitrogens with one attached hydrogen (secondary N) is 2. The van der Waals surface area contributed by atoms with Crippen LogP contribution in [0.25, 0.3) is 10.9 Å². The molecule has 0 aliphatic heterocycles. The summed E-state index contributed by atoms with van der Waals surface area (Å²) in [6, 6.07) is 16.3.